The van der Waals surface area contributed by atoms with Crippen LogP contribution in [0.1, 0.15) is 13.8 Å². The van der Waals surface area contributed by atoms with Gasteiger partial charge in [-0.1, -0.05) is 0 Å². The number of nitrogens with zero attached hydrogens (tertiary/aromatic N) is 2. The second kappa shape index (κ2) is 5.96. The van der Waals surface area contributed by atoms with Gasteiger partial charge in [-0.05, 0) is 26.0 Å². The minimum atomic E-state index is -5.68. The molecule has 0 heterocycles. The van der Waals surface area contributed by atoms with E-state index in [2.05, 4.69) is 0 Å². The van der Waals surface area contributed by atoms with Crippen LogP contribution in [0, 0.1) is 10.1 Å². The van der Waals surface area contributed by atoms with Crippen LogP contribution >= 0.6 is 0 Å². The monoisotopic (exact) mass is 356 g/mol. The lowest BCUT2D eigenvalue weighted by atomic mass is 10.1. The van der Waals surface area contributed by atoms with E-state index in [-0.39, 0.29) is 12.2 Å². The van der Waals surface area contributed by atoms with Gasteiger partial charge < -0.3 is 10.0 Å². The number of anilines is 1. The van der Waals surface area contributed by atoms with Crippen molar-refractivity contribution in [3.63, 3.8) is 0 Å². The van der Waals surface area contributed by atoms with E-state index in [0.29, 0.717) is 12.1 Å². The summed E-state index contributed by atoms with van der Waals surface area (Å²) >= 11 is 0. The number of hydrogen-bond acceptors (Lipinski definition) is 6. The Morgan fingerprint density at radius 1 is 1.30 bits per heavy atom. The summed E-state index contributed by atoms with van der Waals surface area (Å²) in [5.74, 6) is 0. The zero-order valence-electron chi connectivity index (χ0n) is 12.5. The molecule has 1 N–H and O–H groups in total. The van der Waals surface area contributed by atoms with Gasteiger partial charge in [0.05, 0.1) is 15.4 Å². The number of halogens is 3. The fraction of sp³-hybridized carbons (Fsp3) is 0.500. The molecule has 1 rings (SSSR count). The fourth-order valence-electron chi connectivity index (χ4n) is 1.94. The maximum absolute atomic E-state index is 12.5. The zero-order chi connectivity index (χ0) is 18.2. The Labute approximate surface area is 130 Å². The summed E-state index contributed by atoms with van der Waals surface area (Å²) in [7, 11) is -4.30. The number of sulfone groups is 1. The molecule has 0 atom stereocenters. The maximum atomic E-state index is 12.5. The van der Waals surface area contributed by atoms with Crippen molar-refractivity contribution in [1.82, 2.24) is 0 Å². The van der Waals surface area contributed by atoms with Gasteiger partial charge in [-0.3, -0.25) is 10.1 Å². The van der Waals surface area contributed by atoms with Crippen molar-refractivity contribution in [2.45, 2.75) is 29.9 Å². The Morgan fingerprint density at radius 2 is 1.83 bits per heavy atom. The average molecular weight is 356 g/mol. The van der Waals surface area contributed by atoms with E-state index in [0.717, 1.165) is 6.07 Å². The predicted octanol–water partition coefficient (Wildman–Crippen LogP) is 2.10. The summed E-state index contributed by atoms with van der Waals surface area (Å²) in [6.45, 7) is 2.83. The topological polar surface area (TPSA) is 101 Å². The molecule has 0 fully saturated rings. The van der Waals surface area contributed by atoms with Gasteiger partial charge in [-0.25, -0.2) is 8.42 Å². The van der Waals surface area contributed by atoms with Crippen LogP contribution in [-0.4, -0.2) is 43.1 Å². The quantitative estimate of drug-likeness (QED) is 0.640. The van der Waals surface area contributed by atoms with E-state index < -0.39 is 36.5 Å². The molecule has 0 radical (unpaired) electrons. The summed E-state index contributed by atoms with van der Waals surface area (Å²) in [5, 5.41) is 20.8. The van der Waals surface area contributed by atoms with Crippen LogP contribution in [0.25, 0.3) is 0 Å². The minimum absolute atomic E-state index is 0.0563. The van der Waals surface area contributed by atoms with Crippen molar-refractivity contribution in [1.29, 1.82) is 0 Å². The third-order valence-corrected chi connectivity index (χ3v) is 4.28. The highest BCUT2D eigenvalue weighted by Gasteiger charge is 2.47. The number of rotatable bonds is 5. The molecule has 0 spiro atoms. The molecule has 7 nitrogen and oxygen atoms in total. The average Bonchev–Trinajstić information content (AvgIpc) is 2.34. The third kappa shape index (κ3) is 4.32. The van der Waals surface area contributed by atoms with Crippen LogP contribution in [-0.2, 0) is 9.84 Å². The molecule has 0 saturated heterocycles. The summed E-state index contributed by atoms with van der Waals surface area (Å²) in [6, 6.07) is 1.91. The van der Waals surface area contributed by atoms with E-state index in [4.69, 9.17) is 0 Å². The molecule has 0 aliphatic heterocycles. The first-order chi connectivity index (χ1) is 10.2. The molecule has 1 aromatic rings. The highest BCUT2D eigenvalue weighted by molar-refractivity contribution is 7.92. The van der Waals surface area contributed by atoms with Crippen LogP contribution in [0.3, 0.4) is 0 Å². The number of aliphatic hydroxyl groups is 1. The second-order valence-corrected chi connectivity index (χ2v) is 7.47. The Balaban J connectivity index is 3.43. The molecule has 0 aliphatic carbocycles. The molecule has 0 saturated carbocycles. The lowest BCUT2D eigenvalue weighted by molar-refractivity contribution is -0.384. The van der Waals surface area contributed by atoms with Crippen molar-refractivity contribution < 1.29 is 31.6 Å². The molecule has 0 unspecified atom stereocenters. The number of benzene rings is 1. The lowest BCUT2D eigenvalue weighted by Crippen LogP contribution is -2.36. The normalized spacial score (nSPS) is 13.0. The minimum Gasteiger partial charge on any atom is -0.389 e. The first-order valence-electron chi connectivity index (χ1n) is 6.20. The number of likely N-dealkylation sites (N-methyl/N-ethyl adjacent to an activating group) is 1. The molecule has 1 aromatic carbocycles. The molecule has 130 valence electrons. The molecular weight excluding hydrogens is 341 g/mol. The van der Waals surface area contributed by atoms with E-state index >= 15 is 0 Å². The molecule has 23 heavy (non-hydrogen) atoms. The molecular formula is C12H15F3N2O5S. The summed E-state index contributed by atoms with van der Waals surface area (Å²) in [6.07, 6.45) is 0. The lowest BCUT2D eigenvalue weighted by Gasteiger charge is -2.27. The van der Waals surface area contributed by atoms with Crippen LogP contribution in [0.15, 0.2) is 23.1 Å². The van der Waals surface area contributed by atoms with Crippen molar-refractivity contribution in [2.24, 2.45) is 0 Å². The first kappa shape index (κ1) is 19.2. The number of nitro groups is 1. The Bertz CT molecular complexity index is 710. The molecule has 0 aliphatic rings. The smallest absolute Gasteiger partial charge is 0.389 e. The van der Waals surface area contributed by atoms with Gasteiger partial charge in [0, 0.05) is 19.7 Å². The van der Waals surface area contributed by atoms with Crippen molar-refractivity contribution in [3.05, 3.63) is 28.3 Å². The van der Waals surface area contributed by atoms with Crippen LogP contribution in [0.2, 0.25) is 0 Å². The predicted molar refractivity (Wildman–Crippen MR) is 75.9 cm³/mol. The zero-order valence-corrected chi connectivity index (χ0v) is 13.3. The van der Waals surface area contributed by atoms with Gasteiger partial charge in [-0.15, -0.1) is 0 Å². The molecule has 0 aromatic heterocycles. The van der Waals surface area contributed by atoms with E-state index in [1.165, 1.54) is 25.8 Å². The van der Waals surface area contributed by atoms with E-state index in [1.807, 2.05) is 0 Å². The SMILES string of the molecule is CN(CC(C)(C)O)c1ccc(S(=O)(=O)C(F)(F)F)cc1[N+](=O)[O-]. The number of alkyl halides is 3. The van der Waals surface area contributed by atoms with Crippen LogP contribution < -0.4 is 4.90 Å². The fourth-order valence-corrected chi connectivity index (χ4v) is 2.72. The summed E-state index contributed by atoms with van der Waals surface area (Å²) in [5.41, 5.74) is -7.69. The Hall–Kier alpha value is -1.88. The number of hydrogen-bond donors (Lipinski definition) is 1. The standard InChI is InChI=1S/C12H15F3N2O5S/c1-11(2,18)7-16(3)9-5-4-8(6-10(9)17(19)20)23(21,22)12(13,14)15/h4-6,18H,7H2,1-3H3. The van der Waals surface area contributed by atoms with Crippen molar-refractivity contribution >= 4 is 21.2 Å². The third-order valence-electron chi connectivity index (χ3n) is 2.79. The van der Waals surface area contributed by atoms with E-state index in [1.54, 1.807) is 0 Å². The highest BCUT2D eigenvalue weighted by Crippen LogP contribution is 2.36. The van der Waals surface area contributed by atoms with Gasteiger partial charge in [0.25, 0.3) is 15.5 Å². The highest BCUT2D eigenvalue weighted by atomic mass is 32.2. The first-order valence-corrected chi connectivity index (χ1v) is 7.68. The molecule has 0 amide bonds. The van der Waals surface area contributed by atoms with Gasteiger partial charge in [-0.2, -0.15) is 13.2 Å². The Kier molecular flexibility index (Phi) is 4.97. The molecule has 11 heteroatoms. The Morgan fingerprint density at radius 3 is 2.22 bits per heavy atom. The second-order valence-electron chi connectivity index (χ2n) is 5.53. The largest absolute Gasteiger partial charge is 0.501 e. The van der Waals surface area contributed by atoms with Crippen LogP contribution in [0.5, 0.6) is 0 Å². The van der Waals surface area contributed by atoms with Gasteiger partial charge in [0.15, 0.2) is 0 Å². The van der Waals surface area contributed by atoms with Crippen molar-refractivity contribution in [2.75, 3.05) is 18.5 Å². The van der Waals surface area contributed by atoms with Gasteiger partial charge >= 0.3 is 5.51 Å². The van der Waals surface area contributed by atoms with Gasteiger partial charge in [0.2, 0.25) is 0 Å². The summed E-state index contributed by atoms with van der Waals surface area (Å²) < 4.78 is 60.3. The summed E-state index contributed by atoms with van der Waals surface area (Å²) in [4.78, 5) is 10.1. The number of nitro benzene ring substituents is 1. The maximum Gasteiger partial charge on any atom is 0.501 e. The van der Waals surface area contributed by atoms with Crippen LogP contribution in [0.4, 0.5) is 24.5 Å². The van der Waals surface area contributed by atoms with Crippen molar-refractivity contribution in [3.8, 4) is 0 Å². The van der Waals surface area contributed by atoms with Gasteiger partial charge in [0.1, 0.15) is 5.69 Å². The van der Waals surface area contributed by atoms with E-state index in [9.17, 15) is 36.8 Å². The molecule has 0 bridgehead atoms.